The fourth-order valence-corrected chi connectivity index (χ4v) is 2.35. The number of benzene rings is 2. The lowest BCUT2D eigenvalue weighted by molar-refractivity contribution is 0.304. The highest BCUT2D eigenvalue weighted by Crippen LogP contribution is 2.42. The van der Waals surface area contributed by atoms with E-state index in [2.05, 4.69) is 0 Å². The van der Waals surface area contributed by atoms with Crippen LogP contribution < -0.4 is 10.5 Å². The van der Waals surface area contributed by atoms with E-state index in [0.29, 0.717) is 18.3 Å². The first-order valence-electron chi connectivity index (χ1n) is 6.99. The molecule has 0 bridgehead atoms. The van der Waals surface area contributed by atoms with Crippen molar-refractivity contribution >= 4 is 12.4 Å². The maximum Gasteiger partial charge on any atom is 0.124 e. The molecule has 3 N–H and O–H groups in total. The quantitative estimate of drug-likeness (QED) is 0.883. The van der Waals surface area contributed by atoms with Gasteiger partial charge in [-0.1, -0.05) is 36.4 Å². The van der Waals surface area contributed by atoms with Gasteiger partial charge in [-0.05, 0) is 30.4 Å². The summed E-state index contributed by atoms with van der Waals surface area (Å²) in [6.45, 7) is 0.494. The zero-order chi connectivity index (χ0) is 13.9. The van der Waals surface area contributed by atoms with Crippen LogP contribution in [-0.2, 0) is 6.61 Å². The van der Waals surface area contributed by atoms with Gasteiger partial charge < -0.3 is 15.6 Å². The molecule has 1 atom stereocenters. The van der Waals surface area contributed by atoms with Crippen LogP contribution in [0.5, 0.6) is 11.5 Å². The summed E-state index contributed by atoms with van der Waals surface area (Å²) in [5, 5.41) is 10.1. The number of ether oxygens (including phenoxy) is 1. The second-order valence-electron chi connectivity index (χ2n) is 5.36. The van der Waals surface area contributed by atoms with E-state index in [0.717, 1.165) is 24.0 Å². The molecule has 21 heavy (non-hydrogen) atoms. The number of hydrogen-bond acceptors (Lipinski definition) is 3. The van der Waals surface area contributed by atoms with Crippen molar-refractivity contribution in [3.8, 4) is 11.5 Å². The molecule has 0 saturated heterocycles. The van der Waals surface area contributed by atoms with E-state index in [1.807, 2.05) is 42.5 Å². The molecule has 0 spiro atoms. The third-order valence-electron chi connectivity index (χ3n) is 3.74. The standard InChI is InChI=1S/C17H19NO2.ClH/c18-17(13-6-7-13)15-9-8-14(10-16(15)19)20-11-12-4-2-1-3-5-12;/h1-5,8-10,13,17,19H,6-7,11,18H2;1H/t17-;/m0./s1. The van der Waals surface area contributed by atoms with E-state index in [-0.39, 0.29) is 24.2 Å². The monoisotopic (exact) mass is 305 g/mol. The topological polar surface area (TPSA) is 55.5 Å². The second-order valence-corrected chi connectivity index (χ2v) is 5.36. The maximum atomic E-state index is 10.1. The van der Waals surface area contributed by atoms with Gasteiger partial charge >= 0.3 is 0 Å². The van der Waals surface area contributed by atoms with E-state index < -0.39 is 0 Å². The van der Waals surface area contributed by atoms with Gasteiger partial charge in [-0.25, -0.2) is 0 Å². The van der Waals surface area contributed by atoms with Crippen LogP contribution >= 0.6 is 12.4 Å². The highest BCUT2D eigenvalue weighted by atomic mass is 35.5. The molecule has 0 radical (unpaired) electrons. The molecule has 1 aliphatic carbocycles. The zero-order valence-electron chi connectivity index (χ0n) is 11.7. The van der Waals surface area contributed by atoms with E-state index in [1.165, 1.54) is 0 Å². The van der Waals surface area contributed by atoms with Gasteiger partial charge in [-0.15, -0.1) is 12.4 Å². The highest BCUT2D eigenvalue weighted by Gasteiger charge is 2.30. The van der Waals surface area contributed by atoms with Crippen LogP contribution in [0.15, 0.2) is 48.5 Å². The van der Waals surface area contributed by atoms with Crippen molar-refractivity contribution < 1.29 is 9.84 Å². The van der Waals surface area contributed by atoms with Crippen molar-refractivity contribution in [2.45, 2.75) is 25.5 Å². The number of nitrogens with two attached hydrogens (primary N) is 1. The van der Waals surface area contributed by atoms with Crippen LogP contribution in [0.4, 0.5) is 0 Å². The first kappa shape index (κ1) is 15.7. The average Bonchev–Trinajstić information content (AvgIpc) is 3.30. The Bertz CT molecular complexity index is 585. The SMILES string of the molecule is Cl.N[C@H](c1ccc(OCc2ccccc2)cc1O)C1CC1. The van der Waals surface area contributed by atoms with Crippen LogP contribution in [0, 0.1) is 5.92 Å². The highest BCUT2D eigenvalue weighted by molar-refractivity contribution is 5.85. The predicted molar refractivity (Wildman–Crippen MR) is 85.8 cm³/mol. The molecule has 112 valence electrons. The summed E-state index contributed by atoms with van der Waals surface area (Å²) in [7, 11) is 0. The van der Waals surface area contributed by atoms with Gasteiger partial charge in [0.1, 0.15) is 18.1 Å². The van der Waals surface area contributed by atoms with E-state index in [9.17, 15) is 5.11 Å². The molecule has 1 aliphatic rings. The Morgan fingerprint density at radius 1 is 1.14 bits per heavy atom. The lowest BCUT2D eigenvalue weighted by Gasteiger charge is -2.14. The van der Waals surface area contributed by atoms with E-state index in [1.54, 1.807) is 6.07 Å². The Balaban J connectivity index is 0.00000161. The number of hydrogen-bond donors (Lipinski definition) is 2. The number of rotatable bonds is 5. The molecule has 0 aromatic heterocycles. The van der Waals surface area contributed by atoms with Crippen molar-refractivity contribution in [1.29, 1.82) is 0 Å². The lowest BCUT2D eigenvalue weighted by Crippen LogP contribution is -2.12. The molecule has 3 nitrogen and oxygen atoms in total. The minimum atomic E-state index is -0.0572. The number of phenols is 1. The number of phenolic OH excluding ortho intramolecular Hbond substituents is 1. The summed E-state index contributed by atoms with van der Waals surface area (Å²) in [5.74, 6) is 1.42. The smallest absolute Gasteiger partial charge is 0.124 e. The number of halogens is 1. The summed E-state index contributed by atoms with van der Waals surface area (Å²) >= 11 is 0. The van der Waals surface area contributed by atoms with Crippen LogP contribution in [0.1, 0.15) is 30.0 Å². The Morgan fingerprint density at radius 3 is 2.48 bits per heavy atom. The van der Waals surface area contributed by atoms with E-state index >= 15 is 0 Å². The van der Waals surface area contributed by atoms with Crippen LogP contribution in [0.2, 0.25) is 0 Å². The zero-order valence-corrected chi connectivity index (χ0v) is 12.6. The number of aromatic hydroxyl groups is 1. The largest absolute Gasteiger partial charge is 0.507 e. The third-order valence-corrected chi connectivity index (χ3v) is 3.74. The molecule has 1 fully saturated rings. The third kappa shape index (κ3) is 3.90. The van der Waals surface area contributed by atoms with Gasteiger partial charge in [-0.3, -0.25) is 0 Å². The molecule has 4 heteroatoms. The first-order chi connectivity index (χ1) is 9.74. The molecule has 3 rings (SSSR count). The molecule has 0 unspecified atom stereocenters. The summed E-state index contributed by atoms with van der Waals surface area (Å²) in [6, 6.07) is 15.3. The fraction of sp³-hybridized carbons (Fsp3) is 0.294. The summed E-state index contributed by atoms with van der Waals surface area (Å²) in [4.78, 5) is 0. The second kappa shape index (κ2) is 6.83. The molecule has 0 aliphatic heterocycles. The Labute approximate surface area is 131 Å². The van der Waals surface area contributed by atoms with Crippen LogP contribution in [0.25, 0.3) is 0 Å². The minimum Gasteiger partial charge on any atom is -0.507 e. The van der Waals surface area contributed by atoms with Gasteiger partial charge in [0.15, 0.2) is 0 Å². The Hall–Kier alpha value is -1.71. The van der Waals surface area contributed by atoms with Crippen molar-refractivity contribution in [2.75, 3.05) is 0 Å². The maximum absolute atomic E-state index is 10.1. The molecule has 0 heterocycles. The van der Waals surface area contributed by atoms with Crippen LogP contribution in [0.3, 0.4) is 0 Å². The molecule has 2 aromatic rings. The lowest BCUT2D eigenvalue weighted by atomic mass is 10.0. The summed E-state index contributed by atoms with van der Waals surface area (Å²) < 4.78 is 5.68. The predicted octanol–water partition coefficient (Wildman–Crippen LogP) is 3.80. The first-order valence-corrected chi connectivity index (χ1v) is 6.99. The van der Waals surface area contributed by atoms with Crippen molar-refractivity contribution in [2.24, 2.45) is 11.7 Å². The minimum absolute atomic E-state index is 0. The Kier molecular flexibility index (Phi) is 5.10. The summed E-state index contributed by atoms with van der Waals surface area (Å²) in [5.41, 5.74) is 8.04. The van der Waals surface area contributed by atoms with Gasteiger partial charge in [0, 0.05) is 17.7 Å². The van der Waals surface area contributed by atoms with Crippen LogP contribution in [-0.4, -0.2) is 5.11 Å². The fourth-order valence-electron chi connectivity index (χ4n) is 2.35. The molecule has 2 aromatic carbocycles. The van der Waals surface area contributed by atoms with E-state index in [4.69, 9.17) is 10.5 Å². The van der Waals surface area contributed by atoms with Gasteiger partial charge in [0.2, 0.25) is 0 Å². The molecular weight excluding hydrogens is 286 g/mol. The normalized spacial score (nSPS) is 15.1. The van der Waals surface area contributed by atoms with Gasteiger partial charge in [0.05, 0.1) is 0 Å². The average molecular weight is 306 g/mol. The Morgan fingerprint density at radius 2 is 1.86 bits per heavy atom. The molecule has 1 saturated carbocycles. The summed E-state index contributed by atoms with van der Waals surface area (Å²) in [6.07, 6.45) is 2.32. The van der Waals surface area contributed by atoms with Gasteiger partial charge in [-0.2, -0.15) is 0 Å². The molecule has 0 amide bonds. The molecular formula is C17H20ClNO2. The van der Waals surface area contributed by atoms with Crippen molar-refractivity contribution in [1.82, 2.24) is 0 Å². The van der Waals surface area contributed by atoms with Crippen molar-refractivity contribution in [3.05, 3.63) is 59.7 Å². The van der Waals surface area contributed by atoms with Gasteiger partial charge in [0.25, 0.3) is 0 Å². The van der Waals surface area contributed by atoms with Crippen molar-refractivity contribution in [3.63, 3.8) is 0 Å².